The second kappa shape index (κ2) is 78.4. The second-order valence-electron chi connectivity index (χ2n) is 35.7. The summed E-state index contributed by atoms with van der Waals surface area (Å²) < 4.78 is 116. The van der Waals surface area contributed by atoms with Crippen molar-refractivity contribution in [2.24, 2.45) is 23.7 Å². The molecule has 2 aliphatic heterocycles. The van der Waals surface area contributed by atoms with Crippen molar-refractivity contribution >= 4 is 46.3 Å². The molecule has 0 aliphatic carbocycles. The van der Waals surface area contributed by atoms with E-state index in [1.807, 2.05) is 92.0 Å². The minimum Gasteiger partial charge on any atom is -0.379 e. The molecule has 6 aromatic rings. The van der Waals surface area contributed by atoms with Crippen LogP contribution in [0.1, 0.15) is 177 Å². The van der Waals surface area contributed by atoms with Gasteiger partial charge in [-0.05, 0) is 85.5 Å². The normalized spacial score (nSPS) is 12.2. The number of hydrogen-bond donors (Lipinski definition) is 0. The molecule has 0 saturated carbocycles. The molecule has 2 aromatic heterocycles. The van der Waals surface area contributed by atoms with E-state index < -0.39 is 0 Å². The molecule has 0 atom stereocenters. The van der Waals surface area contributed by atoms with Gasteiger partial charge >= 0.3 is 0 Å². The van der Waals surface area contributed by atoms with Gasteiger partial charge in [0.05, 0.1) is 300 Å². The minimum absolute atomic E-state index is 0. The zero-order valence-electron chi connectivity index (χ0n) is 85.2. The number of ether oxygens (including phenoxy) is 20. The van der Waals surface area contributed by atoms with E-state index >= 15 is 0 Å². The SMILES string of the molecule is C.CC(C)CC(=O)CCCCC(=O)N1Cc2ccccc2-c2c(nnn2CCOCCOCCOCCOCCOCCOCCOCCOCCOCCOCCCC(=O)CC(C)C)-c2ccccc21.CC(C)CC(=O)CCCCC(=O)N1Cc2ccccc2-c2c(nnn2CCOCCOCCOCCOCCOCCOCCOCCOCCOCCOCCCC(=O)CC(C)C)-c2ccccc21. The highest BCUT2D eigenvalue weighted by Crippen LogP contribution is 2.43. The minimum atomic E-state index is 0. The molecule has 792 valence electrons. The van der Waals surface area contributed by atoms with Crippen molar-refractivity contribution in [3.63, 3.8) is 0 Å². The largest absolute Gasteiger partial charge is 0.379 e. The molecule has 34 nitrogen and oxygen atoms in total. The fourth-order valence-corrected chi connectivity index (χ4v) is 15.3. The molecule has 0 saturated heterocycles. The Morgan fingerprint density at radius 2 is 0.447 bits per heavy atom. The zero-order chi connectivity index (χ0) is 99.7. The summed E-state index contributed by atoms with van der Waals surface area (Å²) in [6.45, 7) is 37.4. The van der Waals surface area contributed by atoms with Crippen molar-refractivity contribution in [2.45, 2.75) is 192 Å². The topological polar surface area (TPSA) is 355 Å². The fraction of sp³-hybridized carbons (Fsp3) is 0.682. The Bertz CT molecular complexity index is 4020. The zero-order valence-corrected chi connectivity index (χ0v) is 85.2. The first-order valence-corrected chi connectivity index (χ1v) is 50.9. The lowest BCUT2D eigenvalue weighted by atomic mass is 9.95. The molecule has 0 N–H and O–H groups in total. The molecule has 34 heteroatoms. The first-order chi connectivity index (χ1) is 68.5. The van der Waals surface area contributed by atoms with E-state index in [2.05, 4.69) is 100 Å². The number of aromatic nitrogens is 6. The number of ketones is 4. The number of fused-ring (bicyclic) bond motifs is 10. The summed E-state index contributed by atoms with van der Waals surface area (Å²) in [7, 11) is 0. The van der Waals surface area contributed by atoms with Crippen LogP contribution in [0.5, 0.6) is 0 Å². The molecule has 2 amide bonds. The van der Waals surface area contributed by atoms with Crippen molar-refractivity contribution in [3.05, 3.63) is 108 Å². The molecule has 2 aliphatic rings. The molecule has 0 unspecified atom stereocenters. The molecule has 4 aromatic carbocycles. The van der Waals surface area contributed by atoms with Gasteiger partial charge in [0.2, 0.25) is 11.8 Å². The summed E-state index contributed by atoms with van der Waals surface area (Å²) in [6, 6.07) is 31.9. The number of carbonyl (C=O) groups is 6. The number of unbranched alkanes of at least 4 members (excludes halogenated alkanes) is 2. The van der Waals surface area contributed by atoms with Crippen LogP contribution in [0.4, 0.5) is 11.4 Å². The summed E-state index contributed by atoms with van der Waals surface area (Å²) in [5.41, 5.74) is 10.5. The highest BCUT2D eigenvalue weighted by atomic mass is 16.6. The number of anilines is 2. The Balaban J connectivity index is 0.000000429. The molecule has 0 spiro atoms. The van der Waals surface area contributed by atoms with Gasteiger partial charge in [-0.2, -0.15) is 0 Å². The third-order valence-corrected chi connectivity index (χ3v) is 22.0. The first kappa shape index (κ1) is 122. The summed E-state index contributed by atoms with van der Waals surface area (Å²) in [4.78, 5) is 79.1. The standard InChI is InChI=1S/2C53H82N4O13.CH4/c2*1-43(2)40-46(58)13-6-10-18-51(60)56-42-45-12-5-7-15-48(45)53-52(49-16-8-9-17-50(49)56)54-55-57(53)19-21-62-23-25-64-27-29-66-31-33-68-35-37-70-39-38-69-36-34-67-32-30-65-28-26-63-24-22-61-20-11-14-47(59)41-44(3)4;/h2*5,7-9,12,15-17,43-44H,6,10-11,13-14,18-42H2,1-4H3;1H4. The van der Waals surface area contributed by atoms with Crippen molar-refractivity contribution < 1.29 is 124 Å². The molecule has 141 heavy (non-hydrogen) atoms. The van der Waals surface area contributed by atoms with Crippen LogP contribution in [0.2, 0.25) is 0 Å². The van der Waals surface area contributed by atoms with Gasteiger partial charge in [0.15, 0.2) is 0 Å². The van der Waals surface area contributed by atoms with Crippen LogP contribution in [0.3, 0.4) is 0 Å². The van der Waals surface area contributed by atoms with E-state index in [0.29, 0.717) is 416 Å². The van der Waals surface area contributed by atoms with E-state index in [4.69, 9.17) is 94.7 Å². The maximum absolute atomic E-state index is 13.8. The molecule has 0 fully saturated rings. The van der Waals surface area contributed by atoms with Crippen LogP contribution in [0.25, 0.3) is 45.0 Å². The monoisotopic (exact) mass is 1980 g/mol. The van der Waals surface area contributed by atoms with Crippen LogP contribution in [-0.2, 0) is 150 Å². The number of benzene rings is 4. The van der Waals surface area contributed by atoms with E-state index in [1.54, 1.807) is 0 Å². The quantitative estimate of drug-likeness (QED) is 0.0320. The van der Waals surface area contributed by atoms with Gasteiger partial charge in [-0.1, -0.05) is 158 Å². The summed E-state index contributed by atoms with van der Waals surface area (Å²) >= 11 is 0. The summed E-state index contributed by atoms with van der Waals surface area (Å²) in [5.74, 6) is 2.69. The van der Waals surface area contributed by atoms with Gasteiger partial charge in [0.25, 0.3) is 0 Å². The van der Waals surface area contributed by atoms with Gasteiger partial charge < -0.3 is 105 Å². The van der Waals surface area contributed by atoms with Gasteiger partial charge in [0.1, 0.15) is 34.5 Å². The third-order valence-electron chi connectivity index (χ3n) is 22.0. The fourth-order valence-electron chi connectivity index (χ4n) is 15.3. The highest BCUT2D eigenvalue weighted by Gasteiger charge is 2.32. The Kier molecular flexibility index (Phi) is 67.6. The second-order valence-corrected chi connectivity index (χ2v) is 35.7. The Morgan fingerprint density at radius 3 is 0.688 bits per heavy atom. The number of carbonyl (C=O) groups excluding carboxylic acids is 6. The van der Waals surface area contributed by atoms with E-state index in [9.17, 15) is 28.8 Å². The smallest absolute Gasteiger partial charge is 0.227 e. The summed E-state index contributed by atoms with van der Waals surface area (Å²) in [5, 5.41) is 18.4. The van der Waals surface area contributed by atoms with Crippen LogP contribution in [-0.4, -0.2) is 329 Å². The molecule has 8 rings (SSSR count). The van der Waals surface area contributed by atoms with E-state index in [1.165, 1.54) is 0 Å². The number of hydrogen-bond acceptors (Lipinski definition) is 30. The first-order valence-electron chi connectivity index (χ1n) is 50.9. The predicted molar refractivity (Wildman–Crippen MR) is 541 cm³/mol. The number of nitrogens with zero attached hydrogens (tertiary/aromatic N) is 8. The molecule has 0 bridgehead atoms. The highest BCUT2D eigenvalue weighted by molar-refractivity contribution is 6.01. The average molecular weight is 1980 g/mol. The van der Waals surface area contributed by atoms with Crippen LogP contribution in [0, 0.1) is 23.7 Å². The predicted octanol–water partition coefficient (Wildman–Crippen LogP) is 15.0. The maximum atomic E-state index is 13.8. The van der Waals surface area contributed by atoms with Gasteiger partial charge in [0, 0.05) is 99.7 Å². The van der Waals surface area contributed by atoms with Crippen molar-refractivity contribution in [3.8, 4) is 45.0 Å². The lowest BCUT2D eigenvalue weighted by Gasteiger charge is -2.28. The lowest BCUT2D eigenvalue weighted by Crippen LogP contribution is -2.31. The van der Waals surface area contributed by atoms with Crippen LogP contribution >= 0.6 is 0 Å². The van der Waals surface area contributed by atoms with E-state index in [0.717, 1.165) is 80.4 Å². The number of para-hydroxylation sites is 2. The number of rotatable bonds is 86. The Labute approximate surface area is 838 Å². The van der Waals surface area contributed by atoms with Gasteiger partial charge in [-0.3, -0.25) is 28.8 Å². The van der Waals surface area contributed by atoms with Crippen LogP contribution < -0.4 is 9.80 Å². The molecular formula is C107H168N8O26. The molecule has 4 heterocycles. The number of Topliss-reactive ketones (excluding diaryl/α,β-unsaturated/α-hetero) is 4. The van der Waals surface area contributed by atoms with Gasteiger partial charge in [-0.15, -0.1) is 10.2 Å². The third kappa shape index (κ3) is 53.6. The van der Waals surface area contributed by atoms with Gasteiger partial charge in [-0.25, -0.2) is 9.36 Å². The number of amides is 2. The van der Waals surface area contributed by atoms with E-state index in [-0.39, 0.29) is 30.8 Å². The van der Waals surface area contributed by atoms with Crippen molar-refractivity contribution in [1.29, 1.82) is 0 Å². The molecular weight excluding hydrogens is 1810 g/mol. The van der Waals surface area contributed by atoms with Crippen molar-refractivity contribution in [2.75, 3.05) is 274 Å². The Morgan fingerprint density at radius 1 is 0.248 bits per heavy atom. The Hall–Kier alpha value is -8.02. The summed E-state index contributed by atoms with van der Waals surface area (Å²) in [6.07, 6.45) is 9.63. The lowest BCUT2D eigenvalue weighted by molar-refractivity contribution is -0.121. The van der Waals surface area contributed by atoms with Crippen LogP contribution in [0.15, 0.2) is 97.1 Å². The maximum Gasteiger partial charge on any atom is 0.227 e. The van der Waals surface area contributed by atoms with Crippen molar-refractivity contribution in [1.82, 2.24) is 30.0 Å². The molecule has 0 radical (unpaired) electrons. The average Bonchev–Trinajstić information content (AvgIpc) is 1.67.